The first kappa shape index (κ1) is 16.7. The largest absolute Gasteiger partial charge is 0.378 e. The molecule has 0 aliphatic heterocycles. The highest BCUT2D eigenvalue weighted by Crippen LogP contribution is 2.22. The van der Waals surface area contributed by atoms with Crippen LogP contribution in [0, 0.1) is 0 Å². The number of carbonyl (C=O) groups excluding carboxylic acids is 1. The molecule has 2 rings (SSSR count). The average Bonchev–Trinajstić information content (AvgIpc) is 2.48. The van der Waals surface area contributed by atoms with Crippen molar-refractivity contribution in [1.82, 2.24) is 9.13 Å². The van der Waals surface area contributed by atoms with Gasteiger partial charge in [0.1, 0.15) is 0 Å². The second-order valence-corrected chi connectivity index (χ2v) is 6.36. The van der Waals surface area contributed by atoms with Crippen LogP contribution in [0.15, 0.2) is 44.9 Å². The summed E-state index contributed by atoms with van der Waals surface area (Å²) in [5.74, 6) is -0.569. The van der Waals surface area contributed by atoms with Gasteiger partial charge in [-0.25, -0.2) is 4.79 Å². The van der Waals surface area contributed by atoms with Crippen LogP contribution in [0.4, 0.5) is 0 Å². The second-order valence-electron chi connectivity index (χ2n) is 4.84. The summed E-state index contributed by atoms with van der Waals surface area (Å²) in [6.07, 6.45) is 0.885. The van der Waals surface area contributed by atoms with Gasteiger partial charge in [0.15, 0.2) is 16.4 Å². The third-order valence-electron chi connectivity index (χ3n) is 3.15. The lowest BCUT2D eigenvalue weighted by atomic mass is 10.1. The summed E-state index contributed by atoms with van der Waals surface area (Å²) < 4.78 is 31.2. The Labute approximate surface area is 131 Å². The summed E-state index contributed by atoms with van der Waals surface area (Å²) in [6.45, 7) is 1.26. The molecule has 0 atom stereocenters. The van der Waals surface area contributed by atoms with Gasteiger partial charge in [0.25, 0.3) is 5.56 Å². The quantitative estimate of drug-likeness (QED) is 0.576. The zero-order valence-electron chi connectivity index (χ0n) is 12.6. The van der Waals surface area contributed by atoms with E-state index in [2.05, 4.69) is 0 Å². The highest BCUT2D eigenvalue weighted by atomic mass is 32.2. The summed E-state index contributed by atoms with van der Waals surface area (Å²) in [5, 5.41) is 0. The fourth-order valence-corrected chi connectivity index (χ4v) is 3.05. The smallest absolute Gasteiger partial charge is 0.346 e. The Bertz CT molecular complexity index is 1000. The first-order valence-electron chi connectivity index (χ1n) is 6.46. The molecule has 122 valence electrons. The molecule has 1 aromatic heterocycles. The summed E-state index contributed by atoms with van der Waals surface area (Å²) in [7, 11) is -2.04. The van der Waals surface area contributed by atoms with Crippen molar-refractivity contribution in [3.8, 4) is 5.75 Å². The lowest BCUT2D eigenvalue weighted by molar-refractivity contribution is 0.101. The van der Waals surface area contributed by atoms with Crippen LogP contribution in [0.3, 0.4) is 0 Å². The summed E-state index contributed by atoms with van der Waals surface area (Å²) >= 11 is 0. The lowest BCUT2D eigenvalue weighted by Crippen LogP contribution is -2.39. The molecule has 0 radical (unpaired) electrons. The van der Waals surface area contributed by atoms with Crippen LogP contribution >= 0.6 is 0 Å². The zero-order valence-corrected chi connectivity index (χ0v) is 13.5. The minimum absolute atomic E-state index is 0.0673. The molecule has 0 spiro atoms. The van der Waals surface area contributed by atoms with Crippen LogP contribution in [0.5, 0.6) is 5.75 Å². The number of rotatable bonds is 4. The standard InChI is InChI=1S/C14H14N2O6S/c1-9(17)10-6-4-5-7-11(10)22-23(20,21)12-8-15(2)14(19)16(3)13(12)18/h4-8H,1-3H3. The van der Waals surface area contributed by atoms with E-state index in [4.69, 9.17) is 4.18 Å². The van der Waals surface area contributed by atoms with Gasteiger partial charge in [-0.2, -0.15) is 8.42 Å². The summed E-state index contributed by atoms with van der Waals surface area (Å²) in [6, 6.07) is 5.77. The number of aryl methyl sites for hydroxylation is 1. The number of ketones is 1. The molecule has 0 aliphatic rings. The van der Waals surface area contributed by atoms with Crippen LogP contribution < -0.4 is 15.4 Å². The molecule has 23 heavy (non-hydrogen) atoms. The van der Waals surface area contributed by atoms with Crippen LogP contribution in [-0.2, 0) is 24.2 Å². The number of Topliss-reactive ketones (excluding diaryl/α,β-unsaturated/α-hetero) is 1. The molecular formula is C14H14N2O6S. The molecule has 0 unspecified atom stereocenters. The second kappa shape index (κ2) is 5.84. The van der Waals surface area contributed by atoms with E-state index in [0.29, 0.717) is 4.57 Å². The van der Waals surface area contributed by atoms with Crippen molar-refractivity contribution in [2.75, 3.05) is 0 Å². The number of hydrogen-bond acceptors (Lipinski definition) is 6. The van der Waals surface area contributed by atoms with Crippen molar-refractivity contribution in [2.24, 2.45) is 14.1 Å². The van der Waals surface area contributed by atoms with E-state index in [0.717, 1.165) is 17.8 Å². The molecule has 0 saturated heterocycles. The molecule has 0 N–H and O–H groups in total. The highest BCUT2D eigenvalue weighted by Gasteiger charge is 2.25. The van der Waals surface area contributed by atoms with Gasteiger partial charge in [-0.05, 0) is 19.1 Å². The SMILES string of the molecule is CC(=O)c1ccccc1OS(=O)(=O)c1cn(C)c(=O)n(C)c1=O. The molecule has 1 heterocycles. The Hall–Kier alpha value is -2.68. The van der Waals surface area contributed by atoms with E-state index < -0.39 is 26.3 Å². The number of para-hydroxylation sites is 1. The Morgan fingerprint density at radius 2 is 1.74 bits per heavy atom. The minimum Gasteiger partial charge on any atom is -0.378 e. The molecule has 2 aromatic rings. The Kier molecular flexibility index (Phi) is 4.24. The van der Waals surface area contributed by atoms with Gasteiger partial charge >= 0.3 is 15.8 Å². The van der Waals surface area contributed by atoms with Crippen molar-refractivity contribution < 1.29 is 17.4 Å². The van der Waals surface area contributed by atoms with Crippen molar-refractivity contribution in [2.45, 2.75) is 11.8 Å². The maximum atomic E-state index is 12.4. The van der Waals surface area contributed by atoms with Gasteiger partial charge in [0, 0.05) is 20.3 Å². The Morgan fingerprint density at radius 3 is 2.35 bits per heavy atom. The first-order chi connectivity index (χ1) is 10.6. The normalized spacial score (nSPS) is 11.3. The van der Waals surface area contributed by atoms with Gasteiger partial charge in [-0.3, -0.25) is 14.2 Å². The van der Waals surface area contributed by atoms with E-state index in [9.17, 15) is 22.8 Å². The lowest BCUT2D eigenvalue weighted by Gasteiger charge is -2.11. The molecule has 0 saturated carbocycles. The molecule has 0 amide bonds. The average molecular weight is 338 g/mol. The van der Waals surface area contributed by atoms with E-state index in [-0.39, 0.29) is 17.1 Å². The van der Waals surface area contributed by atoms with E-state index in [1.54, 1.807) is 6.07 Å². The van der Waals surface area contributed by atoms with Gasteiger partial charge in [0.05, 0.1) is 5.56 Å². The van der Waals surface area contributed by atoms with Crippen molar-refractivity contribution in [3.63, 3.8) is 0 Å². The van der Waals surface area contributed by atoms with E-state index in [1.165, 1.54) is 32.2 Å². The number of aromatic nitrogens is 2. The van der Waals surface area contributed by atoms with E-state index >= 15 is 0 Å². The molecule has 0 aliphatic carbocycles. The van der Waals surface area contributed by atoms with Crippen LogP contribution in [0.2, 0.25) is 0 Å². The van der Waals surface area contributed by atoms with Crippen LogP contribution in [-0.4, -0.2) is 23.3 Å². The maximum Gasteiger partial charge on any atom is 0.346 e. The van der Waals surface area contributed by atoms with Gasteiger partial charge in [-0.15, -0.1) is 0 Å². The van der Waals surface area contributed by atoms with E-state index in [1.807, 2.05) is 0 Å². The molecule has 1 aromatic carbocycles. The third-order valence-corrected chi connectivity index (χ3v) is 4.37. The number of carbonyl (C=O) groups is 1. The predicted octanol–water partition coefficient (Wildman–Crippen LogP) is 0.0543. The summed E-state index contributed by atoms with van der Waals surface area (Å²) in [5.41, 5.74) is -1.61. The topological polar surface area (TPSA) is 104 Å². The highest BCUT2D eigenvalue weighted by molar-refractivity contribution is 7.87. The maximum absolute atomic E-state index is 12.4. The van der Waals surface area contributed by atoms with Crippen molar-refractivity contribution in [3.05, 3.63) is 56.9 Å². The molecule has 9 heteroatoms. The van der Waals surface area contributed by atoms with Crippen LogP contribution in [0.1, 0.15) is 17.3 Å². The summed E-state index contributed by atoms with van der Waals surface area (Å²) in [4.78, 5) is 34.5. The predicted molar refractivity (Wildman–Crippen MR) is 81.2 cm³/mol. The molecule has 0 fully saturated rings. The molecular weight excluding hydrogens is 324 g/mol. The number of benzene rings is 1. The van der Waals surface area contributed by atoms with Crippen molar-refractivity contribution in [1.29, 1.82) is 0 Å². The minimum atomic E-state index is -4.51. The van der Waals surface area contributed by atoms with Crippen LogP contribution in [0.25, 0.3) is 0 Å². The number of nitrogens with zero attached hydrogens (tertiary/aromatic N) is 2. The van der Waals surface area contributed by atoms with Gasteiger partial charge < -0.3 is 8.75 Å². The first-order valence-corrected chi connectivity index (χ1v) is 7.87. The zero-order chi connectivity index (χ0) is 17.4. The monoisotopic (exact) mass is 338 g/mol. The molecule has 8 nitrogen and oxygen atoms in total. The van der Waals surface area contributed by atoms with Gasteiger partial charge in [0.2, 0.25) is 0 Å². The Balaban J connectivity index is 2.60. The number of hydrogen-bond donors (Lipinski definition) is 0. The Morgan fingerprint density at radius 1 is 1.13 bits per heavy atom. The van der Waals surface area contributed by atoms with Crippen molar-refractivity contribution >= 4 is 15.9 Å². The fraction of sp³-hybridized carbons (Fsp3) is 0.214. The molecule has 0 bridgehead atoms. The fourth-order valence-electron chi connectivity index (χ4n) is 1.94. The third kappa shape index (κ3) is 3.09. The van der Waals surface area contributed by atoms with Gasteiger partial charge in [-0.1, -0.05) is 12.1 Å².